The summed E-state index contributed by atoms with van der Waals surface area (Å²) in [5, 5.41) is 3.02. The number of benzene rings is 1. The van der Waals surface area contributed by atoms with Gasteiger partial charge in [-0.2, -0.15) is 0 Å². The van der Waals surface area contributed by atoms with Gasteiger partial charge in [0.25, 0.3) is 0 Å². The summed E-state index contributed by atoms with van der Waals surface area (Å²) in [6.07, 6.45) is 11.1. The lowest BCUT2D eigenvalue weighted by atomic mass is 9.77. The van der Waals surface area contributed by atoms with Gasteiger partial charge in [0.15, 0.2) is 5.82 Å². The topological polar surface area (TPSA) is 100 Å². The van der Waals surface area contributed by atoms with Crippen LogP contribution in [0.25, 0.3) is 0 Å². The molecular weight excluding hydrogens is 544 g/mol. The van der Waals surface area contributed by atoms with Crippen LogP contribution in [0.5, 0.6) is 0 Å². The third-order valence-electron chi connectivity index (χ3n) is 9.36. The maximum Gasteiger partial charge on any atom is 0.410 e. The van der Waals surface area contributed by atoms with Crippen LogP contribution < -0.4 is 15.1 Å². The molecule has 4 aliphatic rings. The first-order valence-corrected chi connectivity index (χ1v) is 16.0. The molecule has 1 aromatic heterocycles. The van der Waals surface area contributed by atoms with E-state index < -0.39 is 11.0 Å². The molecule has 1 N–H and O–H groups in total. The van der Waals surface area contributed by atoms with Crippen molar-refractivity contribution in [1.82, 2.24) is 14.9 Å². The molecular formula is C33H46N6O4. The lowest BCUT2D eigenvalue weighted by molar-refractivity contribution is -0.139. The first-order valence-electron chi connectivity index (χ1n) is 16.0. The molecule has 1 atom stereocenters. The quantitative estimate of drug-likeness (QED) is 0.459. The number of carbonyl (C=O) groups is 2. The van der Waals surface area contributed by atoms with Crippen molar-refractivity contribution in [3.05, 3.63) is 42.2 Å². The van der Waals surface area contributed by atoms with Crippen molar-refractivity contribution in [3.63, 3.8) is 0 Å². The van der Waals surface area contributed by atoms with E-state index in [1.54, 1.807) is 12.4 Å². The van der Waals surface area contributed by atoms with Gasteiger partial charge in [0.1, 0.15) is 16.8 Å². The fourth-order valence-corrected chi connectivity index (χ4v) is 6.57. The van der Waals surface area contributed by atoms with E-state index in [4.69, 9.17) is 9.47 Å². The molecule has 1 aliphatic carbocycles. The molecule has 0 bridgehead atoms. The Morgan fingerprint density at radius 2 is 1.72 bits per heavy atom. The number of hydrogen-bond acceptors (Lipinski definition) is 8. The van der Waals surface area contributed by atoms with E-state index in [-0.39, 0.29) is 18.0 Å². The average molecular weight is 591 g/mol. The number of nitrogens with zero attached hydrogens (tertiary/aromatic N) is 5. The summed E-state index contributed by atoms with van der Waals surface area (Å²) in [5.74, 6) is 1.72. The first-order chi connectivity index (χ1) is 20.7. The van der Waals surface area contributed by atoms with Gasteiger partial charge in [-0.25, -0.2) is 9.78 Å². The Bertz CT molecular complexity index is 1280. The van der Waals surface area contributed by atoms with Gasteiger partial charge in [-0.15, -0.1) is 0 Å². The van der Waals surface area contributed by atoms with Gasteiger partial charge < -0.3 is 29.5 Å². The van der Waals surface area contributed by atoms with Crippen LogP contribution in [0.1, 0.15) is 71.3 Å². The summed E-state index contributed by atoms with van der Waals surface area (Å²) in [4.78, 5) is 42.4. The highest BCUT2D eigenvalue weighted by atomic mass is 16.6. The van der Waals surface area contributed by atoms with Gasteiger partial charge in [-0.1, -0.05) is 18.6 Å². The molecule has 4 fully saturated rings. The largest absolute Gasteiger partial charge is 0.444 e. The number of nitrogens with one attached hydrogen (secondary N) is 1. The zero-order chi connectivity index (χ0) is 30.0. The van der Waals surface area contributed by atoms with Crippen molar-refractivity contribution in [2.45, 2.75) is 82.8 Å². The molecule has 0 radical (unpaired) electrons. The van der Waals surface area contributed by atoms with Crippen molar-refractivity contribution < 1.29 is 19.1 Å². The molecule has 0 unspecified atom stereocenters. The molecule has 1 aromatic carbocycles. The van der Waals surface area contributed by atoms with Crippen molar-refractivity contribution in [2.75, 3.05) is 61.1 Å². The SMILES string of the molecule is CC(C)(C)OC(=O)N(CC1CCC1)[C@@H]1CCCN(c2ccc(C3(C(=O)Nc4cncc(N5CCCC5)n4)COC3)cc2)C1. The van der Waals surface area contributed by atoms with Gasteiger partial charge >= 0.3 is 6.09 Å². The molecule has 3 saturated heterocycles. The monoisotopic (exact) mass is 590 g/mol. The van der Waals surface area contributed by atoms with Crippen LogP contribution in [-0.4, -0.2) is 84.4 Å². The van der Waals surface area contributed by atoms with E-state index in [2.05, 4.69) is 37.2 Å². The predicted molar refractivity (Wildman–Crippen MR) is 167 cm³/mol. The minimum atomic E-state index is -0.759. The van der Waals surface area contributed by atoms with Crippen molar-refractivity contribution >= 4 is 29.3 Å². The Hall–Kier alpha value is -3.40. The second-order valence-electron chi connectivity index (χ2n) is 13.7. The summed E-state index contributed by atoms with van der Waals surface area (Å²) < 4.78 is 11.4. The molecule has 2 amide bonds. The molecule has 10 nitrogen and oxygen atoms in total. The van der Waals surface area contributed by atoms with Gasteiger partial charge in [0, 0.05) is 38.4 Å². The first kappa shape index (κ1) is 29.7. The van der Waals surface area contributed by atoms with Gasteiger partial charge in [-0.05, 0) is 82.9 Å². The van der Waals surface area contributed by atoms with Crippen LogP contribution in [0.2, 0.25) is 0 Å². The summed E-state index contributed by atoms with van der Waals surface area (Å²) in [7, 11) is 0. The fourth-order valence-electron chi connectivity index (χ4n) is 6.57. The van der Waals surface area contributed by atoms with Gasteiger partial charge in [0.2, 0.25) is 5.91 Å². The minimum absolute atomic E-state index is 0.110. The number of amides is 2. The third kappa shape index (κ3) is 6.59. The number of piperidine rings is 1. The highest BCUT2D eigenvalue weighted by Gasteiger charge is 2.48. The number of carbonyl (C=O) groups excluding carboxylic acids is 2. The molecule has 3 aliphatic heterocycles. The fraction of sp³-hybridized carbons (Fsp3) is 0.636. The number of ether oxygens (including phenoxy) is 2. The van der Waals surface area contributed by atoms with Gasteiger partial charge in [0.05, 0.1) is 31.6 Å². The molecule has 2 aromatic rings. The van der Waals surface area contributed by atoms with Crippen LogP contribution in [0.15, 0.2) is 36.7 Å². The summed E-state index contributed by atoms with van der Waals surface area (Å²) in [6, 6.07) is 8.41. The molecule has 6 rings (SSSR count). The predicted octanol–water partition coefficient (Wildman–Crippen LogP) is 4.99. The van der Waals surface area contributed by atoms with E-state index >= 15 is 0 Å². The number of hydrogen-bond donors (Lipinski definition) is 1. The standard InChI is InChI=1S/C33H46N6O4/c1-32(2,3)43-31(41)39(20-24-8-6-9-24)27-10-7-17-38(21-27)26-13-11-25(12-14-26)33(22-42-23-33)30(40)36-28-18-34-19-29(35-28)37-15-4-5-16-37/h11-14,18-19,24,27H,4-10,15-17,20-23H2,1-3H3,(H,35,36,40)/t27-/m1/s1. The Morgan fingerprint density at radius 1 is 1.00 bits per heavy atom. The Labute approximate surface area is 255 Å². The minimum Gasteiger partial charge on any atom is -0.444 e. The molecule has 43 heavy (non-hydrogen) atoms. The number of rotatable bonds is 8. The van der Waals surface area contributed by atoms with Crippen molar-refractivity contribution in [1.29, 1.82) is 0 Å². The van der Waals surface area contributed by atoms with Crippen LogP contribution in [0.3, 0.4) is 0 Å². The average Bonchev–Trinajstić information content (AvgIpc) is 3.47. The van der Waals surface area contributed by atoms with Crippen molar-refractivity contribution in [2.24, 2.45) is 5.92 Å². The third-order valence-corrected chi connectivity index (χ3v) is 9.36. The van der Waals surface area contributed by atoms with Crippen LogP contribution in [0.4, 0.5) is 22.1 Å². The maximum atomic E-state index is 13.6. The normalized spacial score (nSPS) is 22.0. The Morgan fingerprint density at radius 3 is 2.35 bits per heavy atom. The lowest BCUT2D eigenvalue weighted by Gasteiger charge is -2.43. The highest BCUT2D eigenvalue weighted by Crippen LogP contribution is 2.36. The maximum absolute atomic E-state index is 13.6. The molecule has 232 valence electrons. The van der Waals surface area contributed by atoms with E-state index in [1.165, 1.54) is 19.3 Å². The number of anilines is 3. The number of aromatic nitrogens is 2. The lowest BCUT2D eigenvalue weighted by Crippen LogP contribution is -2.55. The molecule has 0 spiro atoms. The summed E-state index contributed by atoms with van der Waals surface area (Å²) in [5.41, 5.74) is 0.749. The smallest absolute Gasteiger partial charge is 0.410 e. The summed E-state index contributed by atoms with van der Waals surface area (Å²) >= 11 is 0. The Balaban J connectivity index is 1.13. The molecule has 4 heterocycles. The zero-order valence-corrected chi connectivity index (χ0v) is 25.9. The second-order valence-corrected chi connectivity index (χ2v) is 13.7. The van der Waals surface area contributed by atoms with E-state index in [9.17, 15) is 9.59 Å². The second kappa shape index (κ2) is 12.3. The van der Waals surface area contributed by atoms with Crippen LogP contribution in [-0.2, 0) is 19.7 Å². The highest BCUT2D eigenvalue weighted by molar-refractivity contribution is 5.99. The van der Waals surface area contributed by atoms with Crippen LogP contribution in [0, 0.1) is 5.92 Å². The van der Waals surface area contributed by atoms with E-state index in [0.29, 0.717) is 24.9 Å². The summed E-state index contributed by atoms with van der Waals surface area (Å²) in [6.45, 7) is 10.9. The van der Waals surface area contributed by atoms with Gasteiger partial charge in [-0.3, -0.25) is 9.78 Å². The van der Waals surface area contributed by atoms with E-state index in [0.717, 1.165) is 75.5 Å². The molecule has 10 heteroatoms. The molecule has 1 saturated carbocycles. The van der Waals surface area contributed by atoms with Crippen LogP contribution >= 0.6 is 0 Å². The Kier molecular flexibility index (Phi) is 8.49. The van der Waals surface area contributed by atoms with E-state index in [1.807, 2.05) is 37.8 Å². The van der Waals surface area contributed by atoms with Crippen molar-refractivity contribution in [3.8, 4) is 0 Å². The zero-order valence-electron chi connectivity index (χ0n) is 25.9.